The summed E-state index contributed by atoms with van der Waals surface area (Å²) in [7, 11) is 1.67. The Morgan fingerprint density at radius 2 is 1.90 bits per heavy atom. The topological polar surface area (TPSA) is 106 Å². The Morgan fingerprint density at radius 1 is 1.12 bits per heavy atom. The minimum Gasteiger partial charge on any atom is -0.507 e. The van der Waals surface area contributed by atoms with Gasteiger partial charge in [-0.05, 0) is 42.6 Å². The van der Waals surface area contributed by atoms with Gasteiger partial charge >= 0.3 is 0 Å². The molecule has 1 unspecified atom stereocenters. The number of ether oxygens (including phenoxy) is 1. The molecule has 1 aromatic rings. The monoisotopic (exact) mass is 548 g/mol. The molecular formula is C31H40N4O5. The third-order valence-corrected chi connectivity index (χ3v) is 8.19. The van der Waals surface area contributed by atoms with E-state index in [9.17, 15) is 19.8 Å². The number of nitrogens with one attached hydrogen (secondary N) is 1. The highest BCUT2D eigenvalue weighted by molar-refractivity contribution is 6.03. The molecule has 1 saturated heterocycles. The van der Waals surface area contributed by atoms with Gasteiger partial charge in [-0.25, -0.2) is 0 Å². The van der Waals surface area contributed by atoms with E-state index in [1.54, 1.807) is 11.9 Å². The molecule has 2 aliphatic heterocycles. The van der Waals surface area contributed by atoms with E-state index >= 15 is 0 Å². The van der Waals surface area contributed by atoms with Crippen molar-refractivity contribution in [2.75, 3.05) is 66.0 Å². The second kappa shape index (κ2) is 12.3. The molecule has 5 rings (SSSR count). The first-order chi connectivity index (χ1) is 19.3. The Morgan fingerprint density at radius 3 is 2.65 bits per heavy atom. The summed E-state index contributed by atoms with van der Waals surface area (Å²) in [5, 5.41) is 24.4. The van der Waals surface area contributed by atoms with E-state index in [1.165, 1.54) is 16.5 Å². The first-order valence-corrected chi connectivity index (χ1v) is 14.2. The van der Waals surface area contributed by atoms with E-state index < -0.39 is 5.91 Å². The van der Waals surface area contributed by atoms with Crippen molar-refractivity contribution < 1.29 is 24.5 Å². The van der Waals surface area contributed by atoms with E-state index in [-0.39, 0.29) is 34.5 Å². The van der Waals surface area contributed by atoms with Crippen LogP contribution in [0.4, 0.5) is 0 Å². The standard InChI is InChI=1S/C31H40N4O5/c1-21-14-23-19-35(20-24(23)15-29(21)40-13-12-34-10-8-32-9-11-34)31(39)26-16-25(27(36)17-28(26)37)30(38)33(2)18-22-6-4-3-5-7-22/h3-4,6,15-17,21,32,36-37H,5,7-14,18-20H2,1-2H3. The molecule has 0 spiro atoms. The summed E-state index contributed by atoms with van der Waals surface area (Å²) in [6, 6.07) is 2.41. The third-order valence-electron chi connectivity index (χ3n) is 8.19. The van der Waals surface area contributed by atoms with Crippen molar-refractivity contribution in [2.24, 2.45) is 5.92 Å². The normalized spacial score (nSPS) is 21.1. The number of aromatic hydroxyl groups is 2. The fourth-order valence-corrected chi connectivity index (χ4v) is 5.84. The summed E-state index contributed by atoms with van der Waals surface area (Å²) in [6.07, 6.45) is 10.8. The average molecular weight is 549 g/mol. The molecule has 4 aliphatic rings. The zero-order valence-corrected chi connectivity index (χ0v) is 23.5. The fourth-order valence-electron chi connectivity index (χ4n) is 5.84. The zero-order chi connectivity index (χ0) is 28.2. The minimum absolute atomic E-state index is 0.00112. The van der Waals surface area contributed by atoms with Crippen LogP contribution in [0, 0.1) is 5.92 Å². The van der Waals surface area contributed by atoms with Gasteiger partial charge in [0.25, 0.3) is 11.8 Å². The Kier molecular flexibility index (Phi) is 8.61. The minimum atomic E-state index is -0.403. The highest BCUT2D eigenvalue weighted by Crippen LogP contribution is 2.36. The lowest BCUT2D eigenvalue weighted by Gasteiger charge is -2.28. The summed E-state index contributed by atoms with van der Waals surface area (Å²) in [4.78, 5) is 32.3. The summed E-state index contributed by atoms with van der Waals surface area (Å²) in [5.74, 6) is -0.274. The number of allylic oxidation sites excluding steroid dienone is 4. The van der Waals surface area contributed by atoms with Gasteiger partial charge in [0.2, 0.25) is 0 Å². The lowest BCUT2D eigenvalue weighted by Crippen LogP contribution is -2.44. The van der Waals surface area contributed by atoms with Crippen molar-refractivity contribution in [3.63, 3.8) is 0 Å². The first kappa shape index (κ1) is 28.0. The highest BCUT2D eigenvalue weighted by Gasteiger charge is 2.33. The zero-order valence-electron chi connectivity index (χ0n) is 23.5. The van der Waals surface area contributed by atoms with Crippen molar-refractivity contribution in [1.29, 1.82) is 0 Å². The van der Waals surface area contributed by atoms with E-state index in [2.05, 4.69) is 29.3 Å². The lowest BCUT2D eigenvalue weighted by molar-refractivity contribution is 0.0792. The van der Waals surface area contributed by atoms with Crippen LogP contribution in [0.2, 0.25) is 0 Å². The van der Waals surface area contributed by atoms with Crippen molar-refractivity contribution in [1.82, 2.24) is 20.0 Å². The predicted octanol–water partition coefficient (Wildman–Crippen LogP) is 3.04. The van der Waals surface area contributed by atoms with E-state index in [4.69, 9.17) is 4.74 Å². The SMILES string of the molecule is CC1CC2=C(C=C1OCCN1CCNCC1)CN(C(=O)c1cc(C(=O)N(C)CC3=CC=CCC3)c(O)cc1O)C2. The third kappa shape index (κ3) is 6.26. The molecule has 214 valence electrons. The second-order valence-corrected chi connectivity index (χ2v) is 11.2. The maximum atomic E-state index is 13.5. The van der Waals surface area contributed by atoms with Crippen LogP contribution < -0.4 is 5.32 Å². The van der Waals surface area contributed by atoms with Crippen LogP contribution in [-0.2, 0) is 4.74 Å². The van der Waals surface area contributed by atoms with Gasteiger partial charge in [0, 0.05) is 71.4 Å². The number of rotatable bonds is 8. The molecule has 2 amide bonds. The van der Waals surface area contributed by atoms with E-state index in [0.29, 0.717) is 26.2 Å². The Balaban J connectivity index is 1.24. The van der Waals surface area contributed by atoms with Crippen LogP contribution in [0.3, 0.4) is 0 Å². The number of hydrogen-bond acceptors (Lipinski definition) is 7. The molecule has 40 heavy (non-hydrogen) atoms. The summed E-state index contributed by atoms with van der Waals surface area (Å²) in [6.45, 7) is 9.09. The van der Waals surface area contributed by atoms with Crippen molar-refractivity contribution in [3.8, 4) is 11.5 Å². The number of benzene rings is 1. The number of phenols is 2. The quantitative estimate of drug-likeness (QED) is 0.459. The van der Waals surface area contributed by atoms with Crippen LogP contribution in [0.25, 0.3) is 0 Å². The largest absolute Gasteiger partial charge is 0.507 e. The maximum absolute atomic E-state index is 13.5. The molecule has 0 bridgehead atoms. The average Bonchev–Trinajstić information content (AvgIpc) is 3.36. The molecule has 1 aromatic carbocycles. The van der Waals surface area contributed by atoms with E-state index in [0.717, 1.165) is 75.0 Å². The van der Waals surface area contributed by atoms with Gasteiger partial charge in [0.05, 0.1) is 16.9 Å². The smallest absolute Gasteiger partial charge is 0.258 e. The molecule has 9 nitrogen and oxygen atoms in total. The van der Waals surface area contributed by atoms with E-state index in [1.807, 2.05) is 12.2 Å². The fraction of sp³-hybridized carbons (Fsp3) is 0.484. The van der Waals surface area contributed by atoms with Crippen molar-refractivity contribution in [3.05, 3.63) is 70.0 Å². The van der Waals surface area contributed by atoms with Crippen LogP contribution in [0.5, 0.6) is 11.5 Å². The Bertz CT molecular complexity index is 1270. The molecule has 1 fully saturated rings. The number of carbonyl (C=O) groups excluding carboxylic acids is 2. The number of hydrogen-bond donors (Lipinski definition) is 3. The van der Waals surface area contributed by atoms with Gasteiger partial charge in [0.15, 0.2) is 0 Å². The number of piperazine rings is 1. The highest BCUT2D eigenvalue weighted by atomic mass is 16.5. The Labute approximate surface area is 236 Å². The van der Waals surface area contributed by atoms with Gasteiger partial charge in [-0.1, -0.05) is 30.7 Å². The molecule has 9 heteroatoms. The van der Waals surface area contributed by atoms with Crippen LogP contribution in [-0.4, -0.2) is 103 Å². The molecule has 0 aromatic heterocycles. The van der Waals surface area contributed by atoms with Gasteiger partial charge in [-0.15, -0.1) is 0 Å². The Hall–Kier alpha value is -3.56. The summed E-state index contributed by atoms with van der Waals surface area (Å²) < 4.78 is 6.18. The van der Waals surface area contributed by atoms with Crippen molar-refractivity contribution in [2.45, 2.75) is 26.2 Å². The molecular weight excluding hydrogens is 508 g/mol. The van der Waals surface area contributed by atoms with Crippen LogP contribution in [0.1, 0.15) is 46.9 Å². The summed E-state index contributed by atoms with van der Waals surface area (Å²) in [5.41, 5.74) is 3.41. The van der Waals surface area contributed by atoms with Gasteiger partial charge < -0.3 is 30.1 Å². The second-order valence-electron chi connectivity index (χ2n) is 11.2. The van der Waals surface area contributed by atoms with Gasteiger partial charge in [-0.2, -0.15) is 0 Å². The lowest BCUT2D eigenvalue weighted by atomic mass is 9.91. The van der Waals surface area contributed by atoms with Crippen molar-refractivity contribution >= 4 is 11.8 Å². The number of phenolic OH excluding ortho intramolecular Hbond substituents is 2. The molecule has 2 aliphatic carbocycles. The molecule has 3 N–H and O–H groups in total. The molecule has 1 atom stereocenters. The number of amides is 2. The van der Waals surface area contributed by atoms with Gasteiger partial charge in [0.1, 0.15) is 18.1 Å². The molecule has 0 saturated carbocycles. The number of likely N-dealkylation sites (N-methyl/N-ethyl adjacent to an activating group) is 1. The first-order valence-electron chi connectivity index (χ1n) is 14.2. The van der Waals surface area contributed by atoms with Crippen LogP contribution >= 0.6 is 0 Å². The molecule has 2 heterocycles. The maximum Gasteiger partial charge on any atom is 0.258 e. The predicted molar refractivity (Wildman–Crippen MR) is 153 cm³/mol. The number of carbonyl (C=O) groups is 2. The number of nitrogens with zero attached hydrogens (tertiary/aromatic N) is 3. The molecule has 0 radical (unpaired) electrons. The van der Waals surface area contributed by atoms with Crippen LogP contribution in [0.15, 0.2) is 58.9 Å². The summed E-state index contributed by atoms with van der Waals surface area (Å²) >= 11 is 0. The van der Waals surface area contributed by atoms with Gasteiger partial charge in [-0.3, -0.25) is 14.5 Å².